The highest BCUT2D eigenvalue weighted by molar-refractivity contribution is 8.18. The lowest BCUT2D eigenvalue weighted by atomic mass is 9.99. The van der Waals surface area contributed by atoms with Crippen LogP contribution in [0.1, 0.15) is 25.3 Å². The van der Waals surface area contributed by atoms with Gasteiger partial charge in [-0.1, -0.05) is 13.0 Å². The summed E-state index contributed by atoms with van der Waals surface area (Å²) in [5.41, 5.74) is 1.74. The Bertz CT molecular complexity index is 888. The largest absolute Gasteiger partial charge is 0.356 e. The molecule has 2 aliphatic rings. The number of piperidine rings is 1. The van der Waals surface area contributed by atoms with E-state index in [1.807, 2.05) is 18.2 Å². The van der Waals surface area contributed by atoms with Crippen LogP contribution in [0.15, 0.2) is 29.4 Å². The second kappa shape index (κ2) is 6.48. The molecule has 0 radical (unpaired) electrons. The maximum Gasteiger partial charge on any atom is 0.290 e. The highest BCUT2D eigenvalue weighted by atomic mass is 32.2. The maximum absolute atomic E-state index is 11.7. The first kappa shape index (κ1) is 16.1. The zero-order valence-corrected chi connectivity index (χ0v) is 14.7. The van der Waals surface area contributed by atoms with Gasteiger partial charge in [0, 0.05) is 18.5 Å². The number of imide groups is 1. The highest BCUT2D eigenvalue weighted by Crippen LogP contribution is 2.30. The number of thioether (sulfide) groups is 1. The van der Waals surface area contributed by atoms with Crippen molar-refractivity contribution in [3.05, 3.63) is 35.0 Å². The van der Waals surface area contributed by atoms with Crippen molar-refractivity contribution in [3.63, 3.8) is 0 Å². The second-order valence-electron chi connectivity index (χ2n) is 6.50. The van der Waals surface area contributed by atoms with Gasteiger partial charge >= 0.3 is 0 Å². The first-order valence-electron chi connectivity index (χ1n) is 8.35. The van der Waals surface area contributed by atoms with Gasteiger partial charge in [0.25, 0.3) is 11.1 Å². The molecule has 3 heterocycles. The predicted molar refractivity (Wildman–Crippen MR) is 99.3 cm³/mol. The minimum Gasteiger partial charge on any atom is -0.356 e. The van der Waals surface area contributed by atoms with Crippen molar-refractivity contribution in [1.82, 2.24) is 15.3 Å². The van der Waals surface area contributed by atoms with Gasteiger partial charge in [0.05, 0.1) is 10.4 Å². The summed E-state index contributed by atoms with van der Waals surface area (Å²) in [5, 5.41) is 2.92. The number of hydrogen-bond acceptors (Lipinski definition) is 6. The van der Waals surface area contributed by atoms with Gasteiger partial charge in [-0.2, -0.15) is 0 Å². The van der Waals surface area contributed by atoms with Gasteiger partial charge in [-0.05, 0) is 54.3 Å². The number of anilines is 1. The molecule has 0 aliphatic carbocycles. The first-order valence-corrected chi connectivity index (χ1v) is 9.16. The van der Waals surface area contributed by atoms with Crippen molar-refractivity contribution in [2.75, 3.05) is 18.0 Å². The Kier molecular flexibility index (Phi) is 4.17. The van der Waals surface area contributed by atoms with E-state index in [4.69, 9.17) is 0 Å². The minimum atomic E-state index is -0.343. The van der Waals surface area contributed by atoms with Crippen molar-refractivity contribution in [1.29, 1.82) is 0 Å². The highest BCUT2D eigenvalue weighted by Gasteiger charge is 2.25. The lowest BCUT2D eigenvalue weighted by molar-refractivity contribution is -0.115. The van der Waals surface area contributed by atoms with Gasteiger partial charge in [0.15, 0.2) is 0 Å². The number of fused-ring (bicyclic) bond motifs is 1. The normalized spacial score (nSPS) is 20.5. The summed E-state index contributed by atoms with van der Waals surface area (Å²) >= 11 is 0.926. The Hall–Kier alpha value is -2.41. The molecule has 1 N–H and O–H groups in total. The summed E-state index contributed by atoms with van der Waals surface area (Å²) < 4.78 is 0. The van der Waals surface area contributed by atoms with Crippen LogP contribution in [-0.2, 0) is 4.79 Å². The van der Waals surface area contributed by atoms with Crippen LogP contribution in [-0.4, -0.2) is 34.2 Å². The third kappa shape index (κ3) is 3.24. The van der Waals surface area contributed by atoms with Crippen LogP contribution in [0.2, 0.25) is 0 Å². The van der Waals surface area contributed by atoms with E-state index in [0.29, 0.717) is 4.91 Å². The molecule has 2 aromatic rings. The lowest BCUT2D eigenvalue weighted by Crippen LogP contribution is -2.33. The van der Waals surface area contributed by atoms with Gasteiger partial charge in [0.1, 0.15) is 12.1 Å². The first-order chi connectivity index (χ1) is 12.1. The molecule has 0 bridgehead atoms. The Morgan fingerprint density at radius 3 is 2.76 bits per heavy atom. The quantitative estimate of drug-likeness (QED) is 0.835. The average Bonchev–Trinajstić information content (AvgIpc) is 2.92. The fourth-order valence-corrected chi connectivity index (χ4v) is 3.88. The fraction of sp³-hybridized carbons (Fsp3) is 0.333. The minimum absolute atomic E-state index is 0.330. The van der Waals surface area contributed by atoms with Crippen LogP contribution in [0.25, 0.3) is 17.0 Å². The predicted octanol–water partition coefficient (Wildman–Crippen LogP) is 3.19. The van der Waals surface area contributed by atoms with Gasteiger partial charge in [-0.3, -0.25) is 14.9 Å². The third-order valence-electron chi connectivity index (χ3n) is 4.66. The van der Waals surface area contributed by atoms with E-state index < -0.39 is 0 Å². The van der Waals surface area contributed by atoms with Crippen LogP contribution >= 0.6 is 11.8 Å². The van der Waals surface area contributed by atoms with Crippen molar-refractivity contribution in [3.8, 4) is 0 Å². The van der Waals surface area contributed by atoms with E-state index >= 15 is 0 Å². The number of hydrogen-bond donors (Lipinski definition) is 1. The summed E-state index contributed by atoms with van der Waals surface area (Å²) in [6.07, 6.45) is 5.66. The Morgan fingerprint density at radius 2 is 2.04 bits per heavy atom. The number of amides is 2. The smallest absolute Gasteiger partial charge is 0.290 e. The molecule has 0 saturated carbocycles. The van der Waals surface area contributed by atoms with Gasteiger partial charge < -0.3 is 4.90 Å². The summed E-state index contributed by atoms with van der Waals surface area (Å²) in [6.45, 7) is 4.27. The average molecular weight is 354 g/mol. The number of benzene rings is 1. The fourth-order valence-electron chi connectivity index (χ4n) is 3.20. The summed E-state index contributed by atoms with van der Waals surface area (Å²) in [6, 6.07) is 5.83. The molecule has 6 nitrogen and oxygen atoms in total. The van der Waals surface area contributed by atoms with Crippen LogP contribution in [0.5, 0.6) is 0 Å². The Labute approximate surface area is 149 Å². The molecule has 7 heteroatoms. The zero-order valence-electron chi connectivity index (χ0n) is 13.9. The van der Waals surface area contributed by atoms with E-state index in [0.717, 1.165) is 65.9 Å². The van der Waals surface area contributed by atoms with E-state index in [1.54, 1.807) is 12.4 Å². The summed E-state index contributed by atoms with van der Waals surface area (Å²) in [5.74, 6) is 1.35. The van der Waals surface area contributed by atoms with Gasteiger partial charge in [-0.25, -0.2) is 9.97 Å². The Morgan fingerprint density at radius 1 is 1.24 bits per heavy atom. The second-order valence-corrected chi connectivity index (χ2v) is 7.51. The van der Waals surface area contributed by atoms with Crippen molar-refractivity contribution < 1.29 is 9.59 Å². The lowest BCUT2D eigenvalue weighted by Gasteiger charge is -2.31. The SMILES string of the molecule is CC1CCN(c2ncnc3ccc(/C=C4/SC(=O)NC4=O)cc23)CC1. The molecular weight excluding hydrogens is 336 g/mol. The van der Waals surface area contributed by atoms with E-state index in [2.05, 4.69) is 27.1 Å². The Balaban J connectivity index is 1.72. The molecule has 1 aromatic carbocycles. The van der Waals surface area contributed by atoms with E-state index in [9.17, 15) is 9.59 Å². The third-order valence-corrected chi connectivity index (χ3v) is 5.47. The molecular formula is C18H18N4O2S. The summed E-state index contributed by atoms with van der Waals surface area (Å²) in [7, 11) is 0. The zero-order chi connectivity index (χ0) is 17.4. The molecule has 25 heavy (non-hydrogen) atoms. The molecule has 0 spiro atoms. The molecule has 2 fully saturated rings. The molecule has 0 unspecified atom stereocenters. The van der Waals surface area contributed by atoms with Crippen LogP contribution < -0.4 is 10.2 Å². The molecule has 2 saturated heterocycles. The maximum atomic E-state index is 11.7. The topological polar surface area (TPSA) is 75.2 Å². The number of carbonyl (C=O) groups is 2. The number of rotatable bonds is 2. The van der Waals surface area contributed by atoms with Gasteiger partial charge in [0.2, 0.25) is 0 Å². The van der Waals surface area contributed by atoms with Crippen LogP contribution in [0.4, 0.5) is 10.6 Å². The van der Waals surface area contributed by atoms with Crippen LogP contribution in [0.3, 0.4) is 0 Å². The van der Waals surface area contributed by atoms with Crippen LogP contribution in [0, 0.1) is 5.92 Å². The molecule has 1 aromatic heterocycles. The molecule has 0 atom stereocenters. The number of nitrogens with zero attached hydrogens (tertiary/aromatic N) is 3. The van der Waals surface area contributed by atoms with E-state index in [-0.39, 0.29) is 11.1 Å². The number of carbonyl (C=O) groups excluding carboxylic acids is 2. The standard InChI is InChI=1S/C18H18N4O2S/c1-11-4-6-22(7-5-11)16-13-8-12(2-3-14(13)19-10-20-16)9-15-17(23)21-18(24)25-15/h2-3,8-11H,4-7H2,1H3,(H,21,23,24)/b15-9+. The molecule has 128 valence electrons. The monoisotopic (exact) mass is 354 g/mol. The van der Waals surface area contributed by atoms with Crippen molar-refractivity contribution in [2.45, 2.75) is 19.8 Å². The number of nitrogens with one attached hydrogen (secondary N) is 1. The summed E-state index contributed by atoms with van der Waals surface area (Å²) in [4.78, 5) is 34.6. The van der Waals surface area contributed by atoms with Crippen molar-refractivity contribution >= 4 is 45.7 Å². The van der Waals surface area contributed by atoms with Gasteiger partial charge in [-0.15, -0.1) is 0 Å². The van der Waals surface area contributed by atoms with E-state index in [1.165, 1.54) is 0 Å². The van der Waals surface area contributed by atoms with Crippen molar-refractivity contribution in [2.24, 2.45) is 5.92 Å². The molecule has 2 aliphatic heterocycles. The molecule has 4 rings (SSSR count). The molecule has 2 amide bonds. The number of aromatic nitrogens is 2.